The number of rotatable bonds is 4. The Hall–Kier alpha value is -2.90. The molecule has 2 aromatic heterocycles. The lowest BCUT2D eigenvalue weighted by Crippen LogP contribution is -2.48. The largest absolute Gasteiger partial charge is 0.325 e. The second-order valence-electron chi connectivity index (χ2n) is 7.53. The van der Waals surface area contributed by atoms with Crippen molar-refractivity contribution >= 4 is 17.6 Å². The number of nitrogens with zero attached hydrogens (tertiary/aromatic N) is 5. The van der Waals surface area contributed by atoms with E-state index in [2.05, 4.69) is 15.4 Å². The van der Waals surface area contributed by atoms with Crippen LogP contribution < -0.4 is 5.32 Å². The molecular formula is C20H26N6O2. The Balaban J connectivity index is 1.32. The fourth-order valence-corrected chi connectivity index (χ4v) is 3.91. The van der Waals surface area contributed by atoms with Crippen LogP contribution in [-0.2, 0) is 11.3 Å². The number of pyridine rings is 1. The summed E-state index contributed by atoms with van der Waals surface area (Å²) in [6.45, 7) is 3.53. The van der Waals surface area contributed by atoms with Gasteiger partial charge in [0.2, 0.25) is 5.91 Å². The summed E-state index contributed by atoms with van der Waals surface area (Å²) < 4.78 is 1.79. The molecule has 3 amide bonds. The Morgan fingerprint density at radius 3 is 2.61 bits per heavy atom. The zero-order valence-corrected chi connectivity index (χ0v) is 16.0. The Bertz CT molecular complexity index is 815. The van der Waals surface area contributed by atoms with Crippen molar-refractivity contribution in [2.45, 2.75) is 32.2 Å². The molecule has 0 bridgehead atoms. The molecule has 0 radical (unpaired) electrons. The Labute approximate surface area is 164 Å². The van der Waals surface area contributed by atoms with E-state index in [0.29, 0.717) is 18.8 Å². The second kappa shape index (κ2) is 8.41. The molecule has 2 aromatic rings. The maximum Gasteiger partial charge on any atom is 0.320 e. The van der Waals surface area contributed by atoms with Crippen LogP contribution in [0, 0.1) is 5.92 Å². The number of aromatic nitrogens is 3. The molecule has 0 spiro atoms. The lowest BCUT2D eigenvalue weighted by molar-refractivity contribution is -0.121. The first-order chi connectivity index (χ1) is 13.7. The van der Waals surface area contributed by atoms with E-state index >= 15 is 0 Å². The lowest BCUT2D eigenvalue weighted by Gasteiger charge is -2.34. The number of carbonyl (C=O) groups excluding carboxylic acids is 2. The lowest BCUT2D eigenvalue weighted by atomic mass is 9.97. The molecule has 0 saturated carbocycles. The van der Waals surface area contributed by atoms with Crippen LogP contribution in [0.4, 0.5) is 10.5 Å². The smallest absolute Gasteiger partial charge is 0.320 e. The van der Waals surface area contributed by atoms with Gasteiger partial charge in [0.05, 0.1) is 24.3 Å². The highest BCUT2D eigenvalue weighted by atomic mass is 16.2. The minimum atomic E-state index is -0.177. The first-order valence-corrected chi connectivity index (χ1v) is 9.95. The maximum atomic E-state index is 12.7. The molecule has 2 aliphatic rings. The molecule has 1 unspecified atom stereocenters. The summed E-state index contributed by atoms with van der Waals surface area (Å²) in [6.07, 6.45) is 10.8. The van der Waals surface area contributed by atoms with E-state index < -0.39 is 0 Å². The highest BCUT2D eigenvalue weighted by molar-refractivity contribution is 5.92. The first kappa shape index (κ1) is 18.5. The van der Waals surface area contributed by atoms with Gasteiger partial charge in [-0.05, 0) is 43.4 Å². The monoisotopic (exact) mass is 382 g/mol. The molecule has 28 heavy (non-hydrogen) atoms. The summed E-state index contributed by atoms with van der Waals surface area (Å²) in [5.41, 5.74) is 1.78. The van der Waals surface area contributed by atoms with E-state index in [4.69, 9.17) is 0 Å². The molecule has 1 N–H and O–H groups in total. The number of anilines is 1. The van der Waals surface area contributed by atoms with Gasteiger partial charge in [0.1, 0.15) is 0 Å². The van der Waals surface area contributed by atoms with Crippen molar-refractivity contribution in [3.05, 3.63) is 42.5 Å². The fraction of sp³-hybridized carbons (Fsp3) is 0.500. The fourth-order valence-electron chi connectivity index (χ4n) is 3.91. The molecule has 8 nitrogen and oxygen atoms in total. The third-order valence-corrected chi connectivity index (χ3v) is 5.43. The topological polar surface area (TPSA) is 83.4 Å². The molecule has 8 heteroatoms. The number of nitrogens with one attached hydrogen (secondary N) is 1. The summed E-state index contributed by atoms with van der Waals surface area (Å²) in [5, 5.41) is 7.28. The van der Waals surface area contributed by atoms with Crippen LogP contribution >= 0.6 is 0 Å². The van der Waals surface area contributed by atoms with Crippen molar-refractivity contribution in [1.82, 2.24) is 24.6 Å². The summed E-state index contributed by atoms with van der Waals surface area (Å²) >= 11 is 0. The van der Waals surface area contributed by atoms with E-state index in [1.54, 1.807) is 23.3 Å². The molecule has 148 valence electrons. The summed E-state index contributed by atoms with van der Waals surface area (Å²) in [7, 11) is 0. The average molecular weight is 382 g/mol. The minimum Gasteiger partial charge on any atom is -0.325 e. The zero-order valence-electron chi connectivity index (χ0n) is 16.0. The minimum absolute atomic E-state index is 0.0395. The highest BCUT2D eigenvalue weighted by Crippen LogP contribution is 2.21. The van der Waals surface area contributed by atoms with Gasteiger partial charge in [0.15, 0.2) is 0 Å². The Kier molecular flexibility index (Phi) is 5.55. The van der Waals surface area contributed by atoms with E-state index in [9.17, 15) is 9.59 Å². The molecule has 2 aliphatic heterocycles. The van der Waals surface area contributed by atoms with Gasteiger partial charge >= 0.3 is 6.03 Å². The molecule has 0 aromatic carbocycles. The zero-order chi connectivity index (χ0) is 19.3. The molecule has 1 atom stereocenters. The van der Waals surface area contributed by atoms with Gasteiger partial charge in [0, 0.05) is 44.8 Å². The molecule has 2 fully saturated rings. The summed E-state index contributed by atoms with van der Waals surface area (Å²) in [5.74, 6) is -0.216. The van der Waals surface area contributed by atoms with Crippen LogP contribution in [0.1, 0.15) is 31.2 Å². The normalized spacial score (nSPS) is 19.6. The van der Waals surface area contributed by atoms with E-state index in [1.165, 1.54) is 0 Å². The van der Waals surface area contributed by atoms with Crippen molar-refractivity contribution in [1.29, 1.82) is 0 Å². The van der Waals surface area contributed by atoms with Gasteiger partial charge in [-0.15, -0.1) is 0 Å². The van der Waals surface area contributed by atoms with Crippen LogP contribution in [0.5, 0.6) is 0 Å². The van der Waals surface area contributed by atoms with Gasteiger partial charge in [-0.25, -0.2) is 4.79 Å². The van der Waals surface area contributed by atoms with Crippen LogP contribution in [0.15, 0.2) is 36.9 Å². The molecule has 2 saturated heterocycles. The third-order valence-electron chi connectivity index (χ3n) is 5.43. The number of piperidine rings is 1. The number of carbonyl (C=O) groups is 2. The third kappa shape index (κ3) is 4.32. The molecule has 4 rings (SSSR count). The van der Waals surface area contributed by atoms with Gasteiger partial charge in [-0.3, -0.25) is 14.5 Å². The molecule has 4 heterocycles. The number of likely N-dealkylation sites (tertiary alicyclic amines) is 2. The SMILES string of the molecule is O=C(Nc1cnn(Cc2ccncc2)c1)C1CCCN(C(=O)N2CCCC2)C1. The van der Waals surface area contributed by atoms with Crippen molar-refractivity contribution in [2.24, 2.45) is 5.92 Å². The van der Waals surface area contributed by atoms with Crippen LogP contribution in [0.3, 0.4) is 0 Å². The van der Waals surface area contributed by atoms with E-state index in [1.807, 2.05) is 28.1 Å². The van der Waals surface area contributed by atoms with E-state index in [0.717, 1.165) is 50.9 Å². The van der Waals surface area contributed by atoms with Gasteiger partial charge in [0.25, 0.3) is 0 Å². The van der Waals surface area contributed by atoms with E-state index in [-0.39, 0.29) is 17.9 Å². The predicted molar refractivity (Wildman–Crippen MR) is 105 cm³/mol. The van der Waals surface area contributed by atoms with Crippen molar-refractivity contribution < 1.29 is 9.59 Å². The number of amides is 3. The van der Waals surface area contributed by atoms with Crippen molar-refractivity contribution in [2.75, 3.05) is 31.5 Å². The van der Waals surface area contributed by atoms with Crippen molar-refractivity contribution in [3.8, 4) is 0 Å². The van der Waals surface area contributed by atoms with Crippen LogP contribution in [0.2, 0.25) is 0 Å². The quantitative estimate of drug-likeness (QED) is 0.879. The van der Waals surface area contributed by atoms with Crippen LogP contribution in [-0.4, -0.2) is 62.7 Å². The average Bonchev–Trinajstić information content (AvgIpc) is 3.41. The summed E-state index contributed by atoms with van der Waals surface area (Å²) in [6, 6.07) is 3.96. The first-order valence-electron chi connectivity index (χ1n) is 9.95. The number of hydrogen-bond donors (Lipinski definition) is 1. The molecular weight excluding hydrogens is 356 g/mol. The Morgan fingerprint density at radius 1 is 1.07 bits per heavy atom. The van der Waals surface area contributed by atoms with Gasteiger partial charge in [-0.1, -0.05) is 0 Å². The Morgan fingerprint density at radius 2 is 1.82 bits per heavy atom. The van der Waals surface area contributed by atoms with Crippen LogP contribution in [0.25, 0.3) is 0 Å². The van der Waals surface area contributed by atoms with Gasteiger partial charge < -0.3 is 15.1 Å². The second-order valence-corrected chi connectivity index (χ2v) is 7.53. The standard InChI is InChI=1S/C20H26N6O2/c27-19(17-4-3-11-25(14-17)20(28)24-9-1-2-10-24)23-18-12-22-26(15-18)13-16-5-7-21-8-6-16/h5-8,12,15,17H,1-4,9-11,13-14H2,(H,23,27). The maximum absolute atomic E-state index is 12.7. The molecule has 0 aliphatic carbocycles. The van der Waals surface area contributed by atoms with Crippen molar-refractivity contribution in [3.63, 3.8) is 0 Å². The number of hydrogen-bond acceptors (Lipinski definition) is 4. The predicted octanol–water partition coefficient (Wildman–Crippen LogP) is 2.19. The summed E-state index contributed by atoms with van der Waals surface area (Å²) in [4.78, 5) is 33.1. The van der Waals surface area contributed by atoms with Gasteiger partial charge in [-0.2, -0.15) is 5.10 Å². The highest BCUT2D eigenvalue weighted by Gasteiger charge is 2.31. The number of urea groups is 1.